The summed E-state index contributed by atoms with van der Waals surface area (Å²) in [5, 5.41) is 4.79. The van der Waals surface area contributed by atoms with Gasteiger partial charge in [-0.3, -0.25) is 4.79 Å². The van der Waals surface area contributed by atoms with Crippen LogP contribution in [-0.4, -0.2) is 21.7 Å². The molecule has 4 aromatic rings. The highest BCUT2D eigenvalue weighted by Gasteiger charge is 2.33. The molecule has 0 unspecified atom stereocenters. The van der Waals surface area contributed by atoms with E-state index in [0.717, 1.165) is 23.4 Å². The summed E-state index contributed by atoms with van der Waals surface area (Å²) in [6.07, 6.45) is 2.73. The second-order valence-corrected chi connectivity index (χ2v) is 7.39. The highest BCUT2D eigenvalue weighted by molar-refractivity contribution is 6.11. The minimum atomic E-state index is -0.0107. The molecule has 2 heterocycles. The Morgan fingerprint density at radius 3 is 2.31 bits per heavy atom. The maximum absolute atomic E-state index is 13.7. The molecular weight excluding hydrogens is 358 g/mol. The zero-order chi connectivity index (χ0) is 19.8. The van der Waals surface area contributed by atoms with Gasteiger partial charge in [0.2, 0.25) is 0 Å². The number of anilines is 1. The highest BCUT2D eigenvalue weighted by Crippen LogP contribution is 2.35. The van der Waals surface area contributed by atoms with Gasteiger partial charge < -0.3 is 4.90 Å². The molecule has 4 nitrogen and oxygen atoms in total. The van der Waals surface area contributed by atoms with Crippen LogP contribution in [0.15, 0.2) is 91.1 Å². The number of nitrogens with zero attached hydrogens (tertiary/aromatic N) is 3. The Labute approximate surface area is 170 Å². The van der Waals surface area contributed by atoms with Crippen molar-refractivity contribution in [3.8, 4) is 16.9 Å². The van der Waals surface area contributed by atoms with E-state index in [2.05, 4.69) is 13.0 Å². The van der Waals surface area contributed by atoms with E-state index in [-0.39, 0.29) is 11.9 Å². The number of aromatic nitrogens is 2. The molecule has 1 amide bonds. The molecular formula is C25H21N3O. The Hall–Kier alpha value is -3.66. The largest absolute Gasteiger partial charge is 0.305 e. The predicted octanol–water partition coefficient (Wildman–Crippen LogP) is 5.13. The maximum Gasteiger partial charge on any atom is 0.262 e. The number of para-hydroxylation sites is 2. The van der Waals surface area contributed by atoms with Crippen molar-refractivity contribution in [2.75, 3.05) is 4.90 Å². The first-order valence-electron chi connectivity index (χ1n) is 9.84. The van der Waals surface area contributed by atoms with Crippen molar-refractivity contribution >= 4 is 11.6 Å². The van der Waals surface area contributed by atoms with Crippen LogP contribution < -0.4 is 4.90 Å². The first-order chi connectivity index (χ1) is 14.2. The molecule has 29 heavy (non-hydrogen) atoms. The van der Waals surface area contributed by atoms with Gasteiger partial charge in [-0.2, -0.15) is 5.10 Å². The molecule has 0 radical (unpaired) electrons. The Morgan fingerprint density at radius 1 is 0.897 bits per heavy atom. The van der Waals surface area contributed by atoms with Crippen LogP contribution in [0.3, 0.4) is 0 Å². The summed E-state index contributed by atoms with van der Waals surface area (Å²) < 4.78 is 1.79. The van der Waals surface area contributed by atoms with Crippen LogP contribution in [0.4, 0.5) is 5.69 Å². The standard InChI is InChI=1S/C25H21N3O/c1-18-16-20-12-8-9-15-23(20)28(18)25(29)22-17-27(21-13-6-3-7-14-21)26-24(22)19-10-4-2-5-11-19/h2-15,17-18H,16H2,1H3/t18-/m1/s1. The number of benzene rings is 3. The monoisotopic (exact) mass is 379 g/mol. The third-order valence-electron chi connectivity index (χ3n) is 5.44. The Kier molecular flexibility index (Phi) is 4.24. The Bertz CT molecular complexity index is 1170. The van der Waals surface area contributed by atoms with E-state index in [1.54, 1.807) is 4.68 Å². The first-order valence-corrected chi connectivity index (χ1v) is 9.84. The summed E-state index contributed by atoms with van der Waals surface area (Å²) in [6.45, 7) is 2.10. The number of hydrogen-bond acceptors (Lipinski definition) is 2. The molecule has 142 valence electrons. The molecule has 1 aliphatic heterocycles. The molecule has 1 aliphatic rings. The number of amides is 1. The van der Waals surface area contributed by atoms with Crippen LogP contribution in [-0.2, 0) is 6.42 Å². The van der Waals surface area contributed by atoms with Crippen LogP contribution in [0.1, 0.15) is 22.8 Å². The van der Waals surface area contributed by atoms with Crippen LogP contribution in [0.25, 0.3) is 16.9 Å². The van der Waals surface area contributed by atoms with E-state index in [4.69, 9.17) is 5.10 Å². The molecule has 0 spiro atoms. The van der Waals surface area contributed by atoms with Crippen molar-refractivity contribution in [1.29, 1.82) is 0 Å². The lowest BCUT2D eigenvalue weighted by Gasteiger charge is -2.22. The van der Waals surface area contributed by atoms with Gasteiger partial charge in [-0.15, -0.1) is 0 Å². The summed E-state index contributed by atoms with van der Waals surface area (Å²) in [7, 11) is 0. The third-order valence-corrected chi connectivity index (χ3v) is 5.44. The van der Waals surface area contributed by atoms with E-state index < -0.39 is 0 Å². The number of carbonyl (C=O) groups is 1. The van der Waals surface area contributed by atoms with Gasteiger partial charge in [-0.05, 0) is 37.1 Å². The smallest absolute Gasteiger partial charge is 0.262 e. The number of rotatable bonds is 3. The van der Waals surface area contributed by atoms with E-state index in [9.17, 15) is 4.79 Å². The topological polar surface area (TPSA) is 38.1 Å². The molecule has 4 heteroatoms. The minimum Gasteiger partial charge on any atom is -0.305 e. The molecule has 3 aromatic carbocycles. The third kappa shape index (κ3) is 3.03. The molecule has 1 atom stereocenters. The molecule has 0 saturated carbocycles. The molecule has 0 saturated heterocycles. The number of fused-ring (bicyclic) bond motifs is 1. The fourth-order valence-corrected chi connectivity index (χ4v) is 4.06. The summed E-state index contributed by atoms with van der Waals surface area (Å²) in [6, 6.07) is 28.1. The summed E-state index contributed by atoms with van der Waals surface area (Å²) in [5.74, 6) is -0.0107. The normalized spacial score (nSPS) is 15.3. The van der Waals surface area contributed by atoms with E-state index >= 15 is 0 Å². The van der Waals surface area contributed by atoms with Crippen LogP contribution in [0, 0.1) is 0 Å². The van der Waals surface area contributed by atoms with Gasteiger partial charge in [0, 0.05) is 23.5 Å². The summed E-state index contributed by atoms with van der Waals surface area (Å²) >= 11 is 0. The summed E-state index contributed by atoms with van der Waals surface area (Å²) in [5.41, 5.74) is 5.39. The van der Waals surface area contributed by atoms with Crippen LogP contribution in [0.5, 0.6) is 0 Å². The second-order valence-electron chi connectivity index (χ2n) is 7.39. The average Bonchev–Trinajstić information content (AvgIpc) is 3.36. The van der Waals surface area contributed by atoms with Gasteiger partial charge in [-0.25, -0.2) is 4.68 Å². The van der Waals surface area contributed by atoms with Gasteiger partial charge in [0.1, 0.15) is 5.69 Å². The SMILES string of the molecule is C[C@@H]1Cc2ccccc2N1C(=O)c1cn(-c2ccccc2)nc1-c1ccccc1. The summed E-state index contributed by atoms with van der Waals surface area (Å²) in [4.78, 5) is 15.6. The Morgan fingerprint density at radius 2 is 1.55 bits per heavy atom. The van der Waals surface area contributed by atoms with E-state index in [1.165, 1.54) is 5.56 Å². The quantitative estimate of drug-likeness (QED) is 0.495. The van der Waals surface area contributed by atoms with Gasteiger partial charge in [-0.1, -0.05) is 66.7 Å². The van der Waals surface area contributed by atoms with Crippen LogP contribution in [0.2, 0.25) is 0 Å². The lowest BCUT2D eigenvalue weighted by atomic mass is 10.1. The zero-order valence-corrected chi connectivity index (χ0v) is 16.2. The molecule has 0 fully saturated rings. The average molecular weight is 379 g/mol. The van der Waals surface area contributed by atoms with Crippen molar-refractivity contribution in [2.45, 2.75) is 19.4 Å². The molecule has 0 N–H and O–H groups in total. The Balaban J connectivity index is 1.64. The lowest BCUT2D eigenvalue weighted by molar-refractivity contribution is 0.0982. The minimum absolute atomic E-state index is 0.0107. The molecule has 0 aliphatic carbocycles. The van der Waals surface area contributed by atoms with Crippen LogP contribution >= 0.6 is 0 Å². The van der Waals surface area contributed by atoms with Gasteiger partial charge in [0.05, 0.1) is 11.3 Å². The molecule has 1 aromatic heterocycles. The van der Waals surface area contributed by atoms with Crippen molar-refractivity contribution < 1.29 is 4.79 Å². The van der Waals surface area contributed by atoms with E-state index in [1.807, 2.05) is 90.0 Å². The van der Waals surface area contributed by atoms with Crippen molar-refractivity contribution in [3.63, 3.8) is 0 Å². The van der Waals surface area contributed by atoms with Crippen molar-refractivity contribution in [1.82, 2.24) is 9.78 Å². The van der Waals surface area contributed by atoms with E-state index in [0.29, 0.717) is 11.3 Å². The van der Waals surface area contributed by atoms with Gasteiger partial charge in [0.25, 0.3) is 5.91 Å². The molecule has 5 rings (SSSR count). The first kappa shape index (κ1) is 17.4. The number of carbonyl (C=O) groups excluding carboxylic acids is 1. The van der Waals surface area contributed by atoms with Gasteiger partial charge in [0.15, 0.2) is 0 Å². The zero-order valence-electron chi connectivity index (χ0n) is 16.2. The highest BCUT2D eigenvalue weighted by atomic mass is 16.2. The second kappa shape index (κ2) is 7.06. The lowest BCUT2D eigenvalue weighted by Crippen LogP contribution is -2.35. The molecule has 0 bridgehead atoms. The maximum atomic E-state index is 13.7. The number of hydrogen-bond donors (Lipinski definition) is 0. The fraction of sp³-hybridized carbons (Fsp3) is 0.120. The van der Waals surface area contributed by atoms with Crippen molar-refractivity contribution in [3.05, 3.63) is 102 Å². The fourth-order valence-electron chi connectivity index (χ4n) is 4.06. The van der Waals surface area contributed by atoms with Gasteiger partial charge >= 0.3 is 0 Å². The predicted molar refractivity (Wildman–Crippen MR) is 115 cm³/mol. The van der Waals surface area contributed by atoms with Crippen molar-refractivity contribution in [2.24, 2.45) is 0 Å².